The highest BCUT2D eigenvalue weighted by Crippen LogP contribution is 2.39. The predicted molar refractivity (Wildman–Crippen MR) is 84.0 cm³/mol. The van der Waals surface area contributed by atoms with Crippen LogP contribution in [0.25, 0.3) is 0 Å². The molecule has 0 unspecified atom stereocenters. The summed E-state index contributed by atoms with van der Waals surface area (Å²) >= 11 is 0. The molecule has 0 spiro atoms. The van der Waals surface area contributed by atoms with Gasteiger partial charge in [-0.25, -0.2) is 4.79 Å². The Morgan fingerprint density at radius 2 is 1.77 bits per heavy atom. The maximum Gasteiger partial charge on any atom is 0.338 e. The van der Waals surface area contributed by atoms with Crippen LogP contribution in [-0.2, 0) is 14.9 Å². The van der Waals surface area contributed by atoms with E-state index in [2.05, 4.69) is 0 Å². The zero-order valence-corrected chi connectivity index (χ0v) is 13.1. The van der Waals surface area contributed by atoms with Crippen LogP contribution < -0.4 is 0 Å². The van der Waals surface area contributed by atoms with Crippen molar-refractivity contribution >= 4 is 11.9 Å². The maximum atomic E-state index is 11.9. The highest BCUT2D eigenvalue weighted by atomic mass is 16.5. The maximum absolute atomic E-state index is 11.9. The molecule has 0 atom stereocenters. The third kappa shape index (κ3) is 3.49. The Morgan fingerprint density at radius 3 is 2.32 bits per heavy atom. The van der Waals surface area contributed by atoms with Gasteiger partial charge in [0.05, 0.1) is 17.6 Å². The topological polar surface area (TPSA) is 63.6 Å². The molecule has 1 aromatic carbocycles. The Kier molecular flexibility index (Phi) is 5.58. The first-order valence-electron chi connectivity index (χ1n) is 8.11. The van der Waals surface area contributed by atoms with E-state index in [9.17, 15) is 14.7 Å². The second-order valence-corrected chi connectivity index (χ2v) is 6.01. The van der Waals surface area contributed by atoms with E-state index >= 15 is 0 Å². The second kappa shape index (κ2) is 7.43. The number of carbonyl (C=O) groups is 2. The molecule has 2 rings (SSSR count). The Morgan fingerprint density at radius 1 is 1.14 bits per heavy atom. The summed E-state index contributed by atoms with van der Waals surface area (Å²) in [5.41, 5.74) is 0.490. The fraction of sp³-hybridized carbons (Fsp3) is 0.556. The van der Waals surface area contributed by atoms with E-state index in [-0.39, 0.29) is 5.97 Å². The van der Waals surface area contributed by atoms with Gasteiger partial charge in [0.25, 0.3) is 0 Å². The largest absolute Gasteiger partial charge is 0.481 e. The molecule has 22 heavy (non-hydrogen) atoms. The minimum absolute atomic E-state index is 0.340. The standard InChI is InChI=1S/C18H24O4/c1-2-3-13-22-16(19)14-7-9-15(10-8-14)18(17(20)21)11-5-4-6-12-18/h7-10H,2-6,11-13H2,1H3,(H,20,21). The van der Waals surface area contributed by atoms with E-state index in [1.165, 1.54) is 0 Å². The summed E-state index contributed by atoms with van der Waals surface area (Å²) in [5.74, 6) is -1.10. The molecular weight excluding hydrogens is 280 g/mol. The number of carboxylic acids is 1. The van der Waals surface area contributed by atoms with E-state index in [0.29, 0.717) is 25.0 Å². The lowest BCUT2D eigenvalue weighted by atomic mass is 9.69. The molecule has 0 saturated heterocycles. The summed E-state index contributed by atoms with van der Waals surface area (Å²) in [7, 11) is 0. The number of carbonyl (C=O) groups excluding carboxylic acids is 1. The van der Waals surface area contributed by atoms with Crippen LogP contribution in [0.5, 0.6) is 0 Å². The van der Waals surface area contributed by atoms with Crippen LogP contribution >= 0.6 is 0 Å². The number of unbranched alkanes of at least 4 members (excludes halogenated alkanes) is 1. The molecule has 1 aromatic rings. The summed E-state index contributed by atoms with van der Waals surface area (Å²) in [4.78, 5) is 23.7. The number of benzene rings is 1. The lowest BCUT2D eigenvalue weighted by molar-refractivity contribution is -0.145. The number of ether oxygens (including phenoxy) is 1. The van der Waals surface area contributed by atoms with Crippen LogP contribution in [0.15, 0.2) is 24.3 Å². The Balaban J connectivity index is 2.13. The Hall–Kier alpha value is -1.84. The van der Waals surface area contributed by atoms with Gasteiger partial charge in [-0.15, -0.1) is 0 Å². The van der Waals surface area contributed by atoms with E-state index in [0.717, 1.165) is 37.7 Å². The highest BCUT2D eigenvalue weighted by molar-refractivity contribution is 5.90. The average molecular weight is 304 g/mol. The number of aliphatic carboxylic acids is 1. The molecule has 0 radical (unpaired) electrons. The predicted octanol–water partition coefficient (Wildman–Crippen LogP) is 3.93. The average Bonchev–Trinajstić information content (AvgIpc) is 2.55. The third-order valence-electron chi connectivity index (χ3n) is 4.52. The second-order valence-electron chi connectivity index (χ2n) is 6.01. The molecule has 1 aliphatic rings. The molecule has 120 valence electrons. The first-order valence-corrected chi connectivity index (χ1v) is 8.11. The van der Waals surface area contributed by atoms with Gasteiger partial charge in [-0.2, -0.15) is 0 Å². The molecule has 1 saturated carbocycles. The first-order chi connectivity index (χ1) is 10.6. The van der Waals surface area contributed by atoms with Crippen molar-refractivity contribution in [2.45, 2.75) is 57.3 Å². The monoisotopic (exact) mass is 304 g/mol. The van der Waals surface area contributed by atoms with Crippen LogP contribution in [-0.4, -0.2) is 23.7 Å². The van der Waals surface area contributed by atoms with E-state index in [1.807, 2.05) is 6.92 Å². The molecule has 0 aromatic heterocycles. The lowest BCUT2D eigenvalue weighted by Gasteiger charge is -2.33. The van der Waals surface area contributed by atoms with Crippen molar-refractivity contribution in [3.05, 3.63) is 35.4 Å². The van der Waals surface area contributed by atoms with Gasteiger partial charge in [0.1, 0.15) is 0 Å². The van der Waals surface area contributed by atoms with Crippen molar-refractivity contribution in [3.8, 4) is 0 Å². The van der Waals surface area contributed by atoms with E-state index in [4.69, 9.17) is 4.74 Å². The molecule has 0 aliphatic heterocycles. The number of hydrogen-bond donors (Lipinski definition) is 1. The van der Waals surface area contributed by atoms with Gasteiger partial charge in [0, 0.05) is 0 Å². The summed E-state index contributed by atoms with van der Waals surface area (Å²) in [6.07, 6.45) is 6.14. The quantitative estimate of drug-likeness (QED) is 0.639. The van der Waals surface area contributed by atoms with Gasteiger partial charge in [0.2, 0.25) is 0 Å². The minimum Gasteiger partial charge on any atom is -0.481 e. The molecule has 1 aliphatic carbocycles. The SMILES string of the molecule is CCCCOC(=O)c1ccc(C2(C(=O)O)CCCCC2)cc1. The highest BCUT2D eigenvalue weighted by Gasteiger charge is 2.41. The van der Waals surface area contributed by atoms with Crippen molar-refractivity contribution in [2.24, 2.45) is 0 Å². The van der Waals surface area contributed by atoms with E-state index in [1.54, 1.807) is 24.3 Å². The van der Waals surface area contributed by atoms with Crippen molar-refractivity contribution in [1.82, 2.24) is 0 Å². The Bertz CT molecular complexity index is 512. The molecule has 0 amide bonds. The zero-order chi connectivity index (χ0) is 16.0. The number of carboxylic acid groups (broad SMARTS) is 1. The lowest BCUT2D eigenvalue weighted by Crippen LogP contribution is -2.37. The normalized spacial score (nSPS) is 17.0. The van der Waals surface area contributed by atoms with Crippen LogP contribution in [0.2, 0.25) is 0 Å². The fourth-order valence-corrected chi connectivity index (χ4v) is 3.10. The Labute approximate surface area is 131 Å². The van der Waals surface area contributed by atoms with Gasteiger partial charge >= 0.3 is 11.9 Å². The van der Waals surface area contributed by atoms with Gasteiger partial charge in [-0.3, -0.25) is 4.79 Å². The number of hydrogen-bond acceptors (Lipinski definition) is 3. The van der Waals surface area contributed by atoms with Crippen LogP contribution in [0.4, 0.5) is 0 Å². The van der Waals surface area contributed by atoms with Crippen molar-refractivity contribution in [3.63, 3.8) is 0 Å². The molecular formula is C18H24O4. The number of rotatable bonds is 6. The summed E-state index contributed by atoms with van der Waals surface area (Å²) in [6, 6.07) is 6.91. The van der Waals surface area contributed by atoms with Crippen LogP contribution in [0.3, 0.4) is 0 Å². The van der Waals surface area contributed by atoms with Gasteiger partial charge in [-0.1, -0.05) is 44.7 Å². The smallest absolute Gasteiger partial charge is 0.338 e. The van der Waals surface area contributed by atoms with Crippen LogP contribution in [0.1, 0.15) is 67.8 Å². The summed E-state index contributed by atoms with van der Waals surface area (Å²) < 4.78 is 5.17. The number of esters is 1. The first kappa shape index (κ1) is 16.5. The third-order valence-corrected chi connectivity index (χ3v) is 4.52. The molecule has 4 heteroatoms. The summed E-state index contributed by atoms with van der Waals surface area (Å²) in [5, 5.41) is 9.67. The van der Waals surface area contributed by atoms with E-state index < -0.39 is 11.4 Å². The molecule has 1 N–H and O–H groups in total. The molecule has 4 nitrogen and oxygen atoms in total. The molecule has 0 bridgehead atoms. The minimum atomic E-state index is -0.789. The summed E-state index contributed by atoms with van der Waals surface area (Å²) in [6.45, 7) is 2.47. The van der Waals surface area contributed by atoms with Gasteiger partial charge in [-0.05, 0) is 37.0 Å². The molecule has 0 heterocycles. The van der Waals surface area contributed by atoms with Crippen molar-refractivity contribution < 1.29 is 19.4 Å². The van der Waals surface area contributed by atoms with Gasteiger partial charge in [0.15, 0.2) is 0 Å². The molecule has 1 fully saturated rings. The zero-order valence-electron chi connectivity index (χ0n) is 13.1. The van der Waals surface area contributed by atoms with Crippen molar-refractivity contribution in [2.75, 3.05) is 6.61 Å². The fourth-order valence-electron chi connectivity index (χ4n) is 3.10. The van der Waals surface area contributed by atoms with Crippen LogP contribution in [0, 0.1) is 0 Å². The van der Waals surface area contributed by atoms with Crippen molar-refractivity contribution in [1.29, 1.82) is 0 Å². The van der Waals surface area contributed by atoms with Gasteiger partial charge < -0.3 is 9.84 Å².